The van der Waals surface area contributed by atoms with Crippen LogP contribution in [0.2, 0.25) is 5.02 Å². The van der Waals surface area contributed by atoms with Crippen molar-refractivity contribution in [2.24, 2.45) is 7.05 Å². The Morgan fingerprint density at radius 2 is 1.85 bits per heavy atom. The van der Waals surface area contributed by atoms with E-state index >= 15 is 0 Å². The van der Waals surface area contributed by atoms with Gasteiger partial charge in [0, 0.05) is 24.6 Å². The topological polar surface area (TPSA) is 52.7 Å². The molecule has 0 fully saturated rings. The molecule has 2 aromatic heterocycles. The van der Waals surface area contributed by atoms with Crippen LogP contribution in [0.1, 0.15) is 11.4 Å². The molecular weight excluding hydrogens is 374 g/mol. The van der Waals surface area contributed by atoms with Crippen LogP contribution in [0.3, 0.4) is 0 Å². The Hall–Kier alpha value is -3.06. The van der Waals surface area contributed by atoms with E-state index in [9.17, 15) is 13.6 Å². The number of fused-ring (bicyclic) bond motifs is 1. The molecule has 2 aromatic carbocycles. The van der Waals surface area contributed by atoms with E-state index in [0.717, 1.165) is 6.07 Å². The Bertz CT molecular complexity index is 1220. The van der Waals surface area contributed by atoms with Gasteiger partial charge < -0.3 is 4.57 Å². The quantitative estimate of drug-likeness (QED) is 0.540. The van der Waals surface area contributed by atoms with E-state index in [0.29, 0.717) is 22.2 Å². The highest BCUT2D eigenvalue weighted by Gasteiger charge is 2.17. The molecule has 136 valence electrons. The van der Waals surface area contributed by atoms with Crippen molar-refractivity contribution in [3.05, 3.63) is 87.2 Å². The average molecular weight is 387 g/mol. The van der Waals surface area contributed by atoms with Crippen molar-refractivity contribution < 1.29 is 8.78 Å². The molecule has 0 saturated carbocycles. The Balaban J connectivity index is 1.96. The van der Waals surface area contributed by atoms with Gasteiger partial charge in [-0.3, -0.25) is 9.36 Å². The molecule has 0 saturated heterocycles. The third-order valence-electron chi connectivity index (χ3n) is 4.25. The molecule has 4 rings (SSSR count). The number of hydrogen-bond acceptors (Lipinski definition) is 3. The average Bonchev–Trinajstić information content (AvgIpc) is 3.00. The lowest BCUT2D eigenvalue weighted by molar-refractivity contribution is 0.573. The van der Waals surface area contributed by atoms with E-state index in [2.05, 4.69) is 9.97 Å². The van der Waals surface area contributed by atoms with Crippen molar-refractivity contribution in [2.75, 3.05) is 0 Å². The van der Waals surface area contributed by atoms with Crippen molar-refractivity contribution >= 4 is 22.8 Å². The second-order valence-electron chi connectivity index (χ2n) is 6.09. The van der Waals surface area contributed by atoms with Crippen LogP contribution < -0.4 is 5.56 Å². The molecule has 0 aliphatic heterocycles. The molecule has 0 N–H and O–H groups in total. The third kappa shape index (κ3) is 3.10. The van der Waals surface area contributed by atoms with Gasteiger partial charge in [0.2, 0.25) is 0 Å². The predicted molar refractivity (Wildman–Crippen MR) is 98.3 cm³/mol. The largest absolute Gasteiger partial charge is 0.318 e. The summed E-state index contributed by atoms with van der Waals surface area (Å²) in [4.78, 5) is 21.7. The minimum atomic E-state index is -0.697. The molecule has 0 spiro atoms. The molecule has 0 atom stereocenters. The number of nitrogens with zero attached hydrogens (tertiary/aromatic N) is 4. The molecule has 0 amide bonds. The van der Waals surface area contributed by atoms with E-state index in [1.54, 1.807) is 35.9 Å². The van der Waals surface area contributed by atoms with Gasteiger partial charge in [0.1, 0.15) is 17.5 Å². The van der Waals surface area contributed by atoms with Crippen LogP contribution in [0.4, 0.5) is 8.78 Å². The van der Waals surface area contributed by atoms with E-state index < -0.39 is 11.6 Å². The van der Waals surface area contributed by atoms with Gasteiger partial charge in [0.05, 0.1) is 12.0 Å². The highest BCUT2D eigenvalue weighted by Crippen LogP contribution is 2.19. The summed E-state index contributed by atoms with van der Waals surface area (Å²) in [7, 11) is 1.72. The van der Waals surface area contributed by atoms with Crippen LogP contribution in [0.15, 0.2) is 53.6 Å². The Morgan fingerprint density at radius 1 is 1.11 bits per heavy atom. The Labute approximate surface area is 157 Å². The molecule has 2 heterocycles. The fourth-order valence-electron chi connectivity index (χ4n) is 2.91. The summed E-state index contributed by atoms with van der Waals surface area (Å²) >= 11 is 5.94. The number of rotatable bonds is 3. The third-order valence-corrected chi connectivity index (χ3v) is 4.51. The zero-order chi connectivity index (χ0) is 19.1. The van der Waals surface area contributed by atoms with E-state index in [1.165, 1.54) is 23.0 Å². The standard InChI is InChI=1S/C19H13ClF2N4O/c1-25-10-23-17-18(25)24-16(8-11-2-5-13(21)9-15(11)22)26(19(17)27)14-6-3-12(20)4-7-14/h2-7,9-10H,8H2,1H3. The lowest BCUT2D eigenvalue weighted by atomic mass is 10.1. The van der Waals surface area contributed by atoms with Crippen LogP contribution in [0.25, 0.3) is 16.9 Å². The molecule has 8 heteroatoms. The van der Waals surface area contributed by atoms with Gasteiger partial charge >= 0.3 is 0 Å². The van der Waals surface area contributed by atoms with Crippen LogP contribution in [-0.4, -0.2) is 19.1 Å². The summed E-state index contributed by atoms with van der Waals surface area (Å²) in [5.74, 6) is -1.05. The van der Waals surface area contributed by atoms with Gasteiger partial charge in [-0.05, 0) is 35.9 Å². The van der Waals surface area contributed by atoms with Crippen molar-refractivity contribution in [1.29, 1.82) is 0 Å². The maximum atomic E-state index is 14.2. The number of halogens is 3. The van der Waals surface area contributed by atoms with Crippen LogP contribution in [0.5, 0.6) is 0 Å². The highest BCUT2D eigenvalue weighted by atomic mass is 35.5. The Morgan fingerprint density at radius 3 is 2.56 bits per heavy atom. The number of aryl methyl sites for hydroxylation is 1. The highest BCUT2D eigenvalue weighted by molar-refractivity contribution is 6.30. The lowest BCUT2D eigenvalue weighted by Crippen LogP contribution is -2.24. The van der Waals surface area contributed by atoms with Gasteiger partial charge in [0.25, 0.3) is 5.56 Å². The molecule has 0 aliphatic carbocycles. The van der Waals surface area contributed by atoms with Crippen molar-refractivity contribution in [3.8, 4) is 5.69 Å². The number of imidazole rings is 1. The monoisotopic (exact) mass is 386 g/mol. The minimum absolute atomic E-state index is 0.00506. The van der Waals surface area contributed by atoms with E-state index in [4.69, 9.17) is 11.6 Å². The summed E-state index contributed by atoms with van der Waals surface area (Å²) in [5.41, 5.74) is 0.980. The van der Waals surface area contributed by atoms with Gasteiger partial charge in [-0.1, -0.05) is 17.7 Å². The number of benzene rings is 2. The molecular formula is C19H13ClF2N4O. The second-order valence-corrected chi connectivity index (χ2v) is 6.52. The molecule has 0 aliphatic rings. The molecule has 0 unspecified atom stereocenters. The maximum Gasteiger partial charge on any atom is 0.286 e. The van der Waals surface area contributed by atoms with E-state index in [1.807, 2.05) is 0 Å². The van der Waals surface area contributed by atoms with Crippen LogP contribution >= 0.6 is 11.6 Å². The molecule has 5 nitrogen and oxygen atoms in total. The first-order valence-electron chi connectivity index (χ1n) is 8.07. The van der Waals surface area contributed by atoms with Crippen molar-refractivity contribution in [2.45, 2.75) is 6.42 Å². The lowest BCUT2D eigenvalue weighted by Gasteiger charge is -2.13. The first-order chi connectivity index (χ1) is 12.9. The fraction of sp³-hybridized carbons (Fsp3) is 0.105. The second kappa shape index (κ2) is 6.59. The number of aromatic nitrogens is 4. The van der Waals surface area contributed by atoms with Gasteiger partial charge in [-0.15, -0.1) is 0 Å². The normalized spacial score (nSPS) is 11.3. The molecule has 0 bridgehead atoms. The van der Waals surface area contributed by atoms with Crippen molar-refractivity contribution in [3.63, 3.8) is 0 Å². The summed E-state index contributed by atoms with van der Waals surface area (Å²) in [6.45, 7) is 0. The van der Waals surface area contributed by atoms with Gasteiger partial charge in [0.15, 0.2) is 11.2 Å². The Kier molecular flexibility index (Phi) is 4.24. The fourth-order valence-corrected chi connectivity index (χ4v) is 3.04. The van der Waals surface area contributed by atoms with Crippen LogP contribution in [0, 0.1) is 11.6 Å². The zero-order valence-corrected chi connectivity index (χ0v) is 14.9. The first-order valence-corrected chi connectivity index (χ1v) is 8.44. The molecule has 0 radical (unpaired) electrons. The predicted octanol–water partition coefficient (Wildman–Crippen LogP) is 3.64. The van der Waals surface area contributed by atoms with Crippen LogP contribution in [-0.2, 0) is 13.5 Å². The smallest absolute Gasteiger partial charge is 0.286 e. The maximum absolute atomic E-state index is 14.2. The van der Waals surface area contributed by atoms with Gasteiger partial charge in [-0.2, -0.15) is 0 Å². The van der Waals surface area contributed by atoms with Crippen molar-refractivity contribution in [1.82, 2.24) is 19.1 Å². The van der Waals surface area contributed by atoms with Gasteiger partial charge in [-0.25, -0.2) is 18.7 Å². The first kappa shape index (κ1) is 17.4. The zero-order valence-electron chi connectivity index (χ0n) is 14.2. The van der Waals surface area contributed by atoms with E-state index in [-0.39, 0.29) is 23.1 Å². The number of hydrogen-bond donors (Lipinski definition) is 0. The SMILES string of the molecule is Cn1cnc2c(=O)n(-c3ccc(Cl)cc3)c(Cc3ccc(F)cc3F)nc21. The summed E-state index contributed by atoms with van der Waals surface area (Å²) in [6, 6.07) is 9.96. The molecule has 4 aromatic rings. The molecule has 27 heavy (non-hydrogen) atoms. The minimum Gasteiger partial charge on any atom is -0.318 e. The summed E-state index contributed by atoms with van der Waals surface area (Å²) < 4.78 is 30.4. The summed E-state index contributed by atoms with van der Waals surface area (Å²) in [6.07, 6.45) is 1.50. The summed E-state index contributed by atoms with van der Waals surface area (Å²) in [5, 5.41) is 0.518.